The normalized spacial score (nSPS) is 15.7. The van der Waals surface area contributed by atoms with Crippen LogP contribution in [-0.2, 0) is 11.2 Å². The average Bonchev–Trinajstić information content (AvgIpc) is 2.61. The fourth-order valence-corrected chi connectivity index (χ4v) is 3.67. The van der Waals surface area contributed by atoms with Crippen LogP contribution in [0, 0.1) is 0 Å². The van der Waals surface area contributed by atoms with Gasteiger partial charge in [0.05, 0.1) is 13.5 Å². The zero-order valence-corrected chi connectivity index (χ0v) is 15.8. The van der Waals surface area contributed by atoms with Crippen molar-refractivity contribution in [2.75, 3.05) is 39.8 Å². The number of ether oxygens (including phenoxy) is 1. The minimum Gasteiger partial charge on any atom is -0.496 e. The van der Waals surface area contributed by atoms with Gasteiger partial charge in [-0.15, -0.1) is 0 Å². The van der Waals surface area contributed by atoms with E-state index in [2.05, 4.69) is 39.9 Å². The molecule has 5 heteroatoms. The molecular weight excluding hydrogens is 368 g/mol. The molecule has 1 aliphatic heterocycles. The van der Waals surface area contributed by atoms with Crippen molar-refractivity contribution in [2.24, 2.45) is 0 Å². The van der Waals surface area contributed by atoms with Crippen LogP contribution in [0.4, 0.5) is 0 Å². The van der Waals surface area contributed by atoms with E-state index in [9.17, 15) is 4.79 Å². The molecule has 24 heavy (non-hydrogen) atoms. The molecule has 128 valence electrons. The van der Waals surface area contributed by atoms with Crippen LogP contribution in [-0.4, -0.2) is 55.5 Å². The van der Waals surface area contributed by atoms with Crippen LogP contribution < -0.4 is 4.74 Å². The predicted molar refractivity (Wildman–Crippen MR) is 101 cm³/mol. The number of fused-ring (bicyclic) bond motifs is 1. The molecule has 0 saturated carbocycles. The molecule has 1 heterocycles. The lowest BCUT2D eigenvalue weighted by Crippen LogP contribution is -2.48. The van der Waals surface area contributed by atoms with Gasteiger partial charge in [-0.25, -0.2) is 0 Å². The van der Waals surface area contributed by atoms with Gasteiger partial charge in [0.25, 0.3) is 0 Å². The highest BCUT2D eigenvalue weighted by Crippen LogP contribution is 2.30. The number of halogens is 1. The lowest BCUT2D eigenvalue weighted by atomic mass is 10.0. The third kappa shape index (κ3) is 3.57. The molecule has 0 N–H and O–H groups in total. The summed E-state index contributed by atoms with van der Waals surface area (Å²) in [6, 6.07) is 10.1. The Kier molecular flexibility index (Phi) is 5.41. The van der Waals surface area contributed by atoms with E-state index in [1.54, 1.807) is 7.11 Å². The van der Waals surface area contributed by atoms with E-state index in [0.29, 0.717) is 6.42 Å². The zero-order valence-electron chi connectivity index (χ0n) is 14.2. The Labute approximate surface area is 151 Å². The average molecular weight is 391 g/mol. The molecule has 2 aromatic carbocycles. The molecule has 1 fully saturated rings. The highest BCUT2D eigenvalue weighted by Gasteiger charge is 2.22. The Hall–Kier alpha value is -1.59. The third-order valence-corrected chi connectivity index (χ3v) is 5.26. The molecule has 4 nitrogen and oxygen atoms in total. The summed E-state index contributed by atoms with van der Waals surface area (Å²) in [4.78, 5) is 17.1. The number of carbonyl (C=O) groups excluding carboxylic acids is 1. The van der Waals surface area contributed by atoms with Crippen LogP contribution in [0.1, 0.15) is 12.5 Å². The lowest BCUT2D eigenvalue weighted by Gasteiger charge is -2.34. The van der Waals surface area contributed by atoms with Crippen LogP contribution in [0.3, 0.4) is 0 Å². The Morgan fingerprint density at radius 3 is 2.58 bits per heavy atom. The largest absolute Gasteiger partial charge is 0.496 e. The number of piperazine rings is 1. The zero-order chi connectivity index (χ0) is 17.1. The molecule has 2 aromatic rings. The van der Waals surface area contributed by atoms with Gasteiger partial charge < -0.3 is 14.5 Å². The Morgan fingerprint density at radius 2 is 1.92 bits per heavy atom. The number of amides is 1. The molecule has 0 spiro atoms. The molecule has 0 aliphatic carbocycles. The summed E-state index contributed by atoms with van der Waals surface area (Å²) < 4.78 is 6.55. The number of carbonyl (C=O) groups is 1. The molecule has 0 atom stereocenters. The summed E-state index contributed by atoms with van der Waals surface area (Å²) in [7, 11) is 1.66. The van der Waals surface area contributed by atoms with E-state index < -0.39 is 0 Å². The van der Waals surface area contributed by atoms with Crippen molar-refractivity contribution in [3.05, 3.63) is 40.4 Å². The van der Waals surface area contributed by atoms with Gasteiger partial charge in [0, 0.05) is 36.2 Å². The van der Waals surface area contributed by atoms with E-state index >= 15 is 0 Å². The molecule has 3 rings (SSSR count). The summed E-state index contributed by atoms with van der Waals surface area (Å²) in [5, 5.41) is 2.20. The second kappa shape index (κ2) is 7.53. The molecule has 0 radical (unpaired) electrons. The summed E-state index contributed by atoms with van der Waals surface area (Å²) in [5.41, 5.74) is 0.977. The van der Waals surface area contributed by atoms with Gasteiger partial charge in [-0.05, 0) is 35.5 Å². The topological polar surface area (TPSA) is 32.8 Å². The van der Waals surface area contributed by atoms with Gasteiger partial charge in [-0.2, -0.15) is 0 Å². The van der Waals surface area contributed by atoms with Gasteiger partial charge >= 0.3 is 0 Å². The van der Waals surface area contributed by atoms with Gasteiger partial charge in [0.2, 0.25) is 5.91 Å². The molecule has 1 saturated heterocycles. The van der Waals surface area contributed by atoms with Gasteiger partial charge in [0.15, 0.2) is 0 Å². The standard InChI is InChI=1S/C19H23BrN2O2/c1-3-21-8-10-22(11-9-21)19(23)13-17-16-6-5-15(20)12-14(16)4-7-18(17)24-2/h4-7,12H,3,8-11,13H2,1-2H3. The second-order valence-electron chi connectivity index (χ2n) is 6.10. The minimum absolute atomic E-state index is 0.180. The van der Waals surface area contributed by atoms with Gasteiger partial charge in [-0.3, -0.25) is 4.79 Å². The summed E-state index contributed by atoms with van der Waals surface area (Å²) in [6.45, 7) is 6.75. The second-order valence-corrected chi connectivity index (χ2v) is 7.02. The Balaban J connectivity index is 1.84. The number of hydrogen-bond donors (Lipinski definition) is 0. The smallest absolute Gasteiger partial charge is 0.227 e. The van der Waals surface area contributed by atoms with Crippen molar-refractivity contribution in [2.45, 2.75) is 13.3 Å². The molecule has 1 amide bonds. The maximum absolute atomic E-state index is 12.8. The van der Waals surface area contributed by atoms with E-state index in [4.69, 9.17) is 4.74 Å². The first-order valence-electron chi connectivity index (χ1n) is 8.37. The van der Waals surface area contributed by atoms with Crippen molar-refractivity contribution in [1.29, 1.82) is 0 Å². The number of likely N-dealkylation sites (N-methyl/N-ethyl adjacent to an activating group) is 1. The third-order valence-electron chi connectivity index (χ3n) is 4.77. The van der Waals surface area contributed by atoms with Crippen LogP contribution in [0.15, 0.2) is 34.8 Å². The molecule has 0 unspecified atom stereocenters. The first kappa shape index (κ1) is 17.2. The monoisotopic (exact) mass is 390 g/mol. The Bertz CT molecular complexity index is 739. The number of rotatable bonds is 4. The van der Waals surface area contributed by atoms with Crippen molar-refractivity contribution >= 4 is 32.6 Å². The van der Waals surface area contributed by atoms with Gasteiger partial charge in [-0.1, -0.05) is 35.0 Å². The Morgan fingerprint density at radius 1 is 1.17 bits per heavy atom. The summed E-state index contributed by atoms with van der Waals surface area (Å²) in [6.07, 6.45) is 0.383. The fraction of sp³-hybridized carbons (Fsp3) is 0.421. The highest BCUT2D eigenvalue weighted by molar-refractivity contribution is 9.10. The summed E-state index contributed by atoms with van der Waals surface area (Å²) >= 11 is 3.51. The molecule has 0 aromatic heterocycles. The summed E-state index contributed by atoms with van der Waals surface area (Å²) in [5.74, 6) is 0.963. The van der Waals surface area contributed by atoms with E-state index in [0.717, 1.165) is 59.3 Å². The van der Waals surface area contributed by atoms with Crippen LogP contribution >= 0.6 is 15.9 Å². The number of hydrogen-bond acceptors (Lipinski definition) is 3. The van der Waals surface area contributed by atoms with E-state index in [1.807, 2.05) is 23.1 Å². The number of nitrogens with zero attached hydrogens (tertiary/aromatic N) is 2. The highest BCUT2D eigenvalue weighted by atomic mass is 79.9. The predicted octanol–water partition coefficient (Wildman–Crippen LogP) is 3.32. The quantitative estimate of drug-likeness (QED) is 0.802. The fourth-order valence-electron chi connectivity index (χ4n) is 3.30. The minimum atomic E-state index is 0.180. The number of methoxy groups -OCH3 is 1. The van der Waals surface area contributed by atoms with Crippen molar-refractivity contribution in [3.63, 3.8) is 0 Å². The van der Waals surface area contributed by atoms with E-state index in [-0.39, 0.29) is 5.91 Å². The van der Waals surface area contributed by atoms with Crippen molar-refractivity contribution < 1.29 is 9.53 Å². The van der Waals surface area contributed by atoms with Crippen molar-refractivity contribution in [1.82, 2.24) is 9.80 Å². The van der Waals surface area contributed by atoms with Crippen molar-refractivity contribution in [3.8, 4) is 5.75 Å². The van der Waals surface area contributed by atoms with Crippen LogP contribution in [0.25, 0.3) is 10.8 Å². The first-order chi connectivity index (χ1) is 11.6. The molecule has 1 aliphatic rings. The SMILES string of the molecule is CCN1CCN(C(=O)Cc2c(OC)ccc3cc(Br)ccc23)CC1. The van der Waals surface area contributed by atoms with Crippen LogP contribution in [0.5, 0.6) is 5.75 Å². The maximum atomic E-state index is 12.8. The maximum Gasteiger partial charge on any atom is 0.227 e. The van der Waals surface area contributed by atoms with E-state index in [1.165, 1.54) is 0 Å². The van der Waals surface area contributed by atoms with Crippen LogP contribution in [0.2, 0.25) is 0 Å². The first-order valence-corrected chi connectivity index (χ1v) is 9.17. The number of benzene rings is 2. The molecular formula is C19H23BrN2O2. The molecule has 0 bridgehead atoms. The van der Waals surface area contributed by atoms with Gasteiger partial charge in [0.1, 0.15) is 5.75 Å². The lowest BCUT2D eigenvalue weighted by molar-refractivity contribution is -0.132.